The third-order valence-electron chi connectivity index (χ3n) is 2.24. The summed E-state index contributed by atoms with van der Waals surface area (Å²) in [6.45, 7) is 0. The van der Waals surface area contributed by atoms with E-state index in [0.29, 0.717) is 26.2 Å². The highest BCUT2D eigenvalue weighted by Gasteiger charge is 2.11. The summed E-state index contributed by atoms with van der Waals surface area (Å²) in [5, 5.41) is 11.1. The van der Waals surface area contributed by atoms with Crippen LogP contribution in [0.3, 0.4) is 0 Å². The second kappa shape index (κ2) is 4.95. The van der Waals surface area contributed by atoms with Crippen molar-refractivity contribution in [2.24, 2.45) is 0 Å². The molecule has 0 saturated carbocycles. The molecule has 0 aromatic heterocycles. The van der Waals surface area contributed by atoms with Crippen molar-refractivity contribution in [3.05, 3.63) is 50.4 Å². The molecule has 1 nitrogen and oxygen atoms in total. The predicted molar refractivity (Wildman–Crippen MR) is 73.6 cm³/mol. The molecule has 0 aliphatic heterocycles. The molecular formula is C12H6Cl4O. The molecule has 0 spiro atoms. The monoisotopic (exact) mass is 306 g/mol. The van der Waals surface area contributed by atoms with E-state index in [1.807, 2.05) is 0 Å². The first-order chi connectivity index (χ1) is 7.99. The minimum absolute atomic E-state index is 0.0220. The van der Waals surface area contributed by atoms with Crippen molar-refractivity contribution in [3.63, 3.8) is 0 Å². The third kappa shape index (κ3) is 2.63. The first-order valence-electron chi connectivity index (χ1n) is 4.62. The molecule has 0 heterocycles. The van der Waals surface area contributed by atoms with Gasteiger partial charge in [0.2, 0.25) is 0 Å². The Balaban J connectivity index is 2.64. The van der Waals surface area contributed by atoms with E-state index in [-0.39, 0.29) is 10.8 Å². The number of hydrogen-bond donors (Lipinski definition) is 1. The van der Waals surface area contributed by atoms with E-state index in [9.17, 15) is 5.11 Å². The van der Waals surface area contributed by atoms with Crippen LogP contribution in [0, 0.1) is 0 Å². The molecule has 2 rings (SSSR count). The first kappa shape index (κ1) is 12.8. The summed E-state index contributed by atoms with van der Waals surface area (Å²) in [6, 6.07) is 7.99. The Morgan fingerprint density at radius 2 is 1.35 bits per heavy atom. The molecular weight excluding hydrogens is 302 g/mol. The highest BCUT2D eigenvalue weighted by Crippen LogP contribution is 2.39. The molecule has 17 heavy (non-hydrogen) atoms. The summed E-state index contributed by atoms with van der Waals surface area (Å²) in [7, 11) is 0. The van der Waals surface area contributed by atoms with Gasteiger partial charge in [-0.3, -0.25) is 0 Å². The largest absolute Gasteiger partial charge is 0.506 e. The zero-order valence-corrected chi connectivity index (χ0v) is 11.4. The van der Waals surface area contributed by atoms with Gasteiger partial charge in [-0.1, -0.05) is 52.5 Å². The molecule has 1 N–H and O–H groups in total. The predicted octanol–water partition coefficient (Wildman–Crippen LogP) is 5.67. The minimum atomic E-state index is -0.0220. The topological polar surface area (TPSA) is 20.2 Å². The fourth-order valence-electron chi connectivity index (χ4n) is 1.49. The van der Waals surface area contributed by atoms with Crippen molar-refractivity contribution in [1.29, 1.82) is 0 Å². The van der Waals surface area contributed by atoms with Crippen LogP contribution in [0.5, 0.6) is 5.75 Å². The van der Waals surface area contributed by atoms with Gasteiger partial charge >= 0.3 is 0 Å². The van der Waals surface area contributed by atoms with Gasteiger partial charge in [-0.15, -0.1) is 0 Å². The number of aromatic hydroxyl groups is 1. The Kier molecular flexibility index (Phi) is 3.74. The van der Waals surface area contributed by atoms with Crippen molar-refractivity contribution < 1.29 is 5.11 Å². The van der Waals surface area contributed by atoms with Crippen molar-refractivity contribution in [2.75, 3.05) is 0 Å². The normalized spacial score (nSPS) is 10.6. The van der Waals surface area contributed by atoms with Gasteiger partial charge in [0, 0.05) is 10.6 Å². The molecule has 0 radical (unpaired) electrons. The van der Waals surface area contributed by atoms with Crippen molar-refractivity contribution >= 4 is 46.4 Å². The van der Waals surface area contributed by atoms with E-state index < -0.39 is 0 Å². The summed E-state index contributed by atoms with van der Waals surface area (Å²) < 4.78 is 0. The molecule has 0 amide bonds. The highest BCUT2D eigenvalue weighted by atomic mass is 35.5. The van der Waals surface area contributed by atoms with Crippen LogP contribution in [0.25, 0.3) is 11.1 Å². The van der Waals surface area contributed by atoms with Crippen LogP contribution >= 0.6 is 46.4 Å². The second-order valence-electron chi connectivity index (χ2n) is 3.41. The minimum Gasteiger partial charge on any atom is -0.506 e. The Morgan fingerprint density at radius 3 is 1.88 bits per heavy atom. The average Bonchev–Trinajstić information content (AvgIpc) is 2.21. The molecule has 5 heteroatoms. The fourth-order valence-corrected chi connectivity index (χ4v) is 2.64. The van der Waals surface area contributed by atoms with Crippen LogP contribution in [0.4, 0.5) is 0 Å². The number of phenols is 1. The van der Waals surface area contributed by atoms with Gasteiger partial charge in [0.15, 0.2) is 0 Å². The molecule has 88 valence electrons. The lowest BCUT2D eigenvalue weighted by Crippen LogP contribution is -1.83. The summed E-state index contributed by atoms with van der Waals surface area (Å²) in [5.74, 6) is -0.0220. The molecule has 2 aromatic rings. The van der Waals surface area contributed by atoms with Gasteiger partial charge in [-0.05, 0) is 29.8 Å². The SMILES string of the molecule is Oc1cc(-c2c(Cl)cc(Cl)cc2Cl)ccc1Cl. The summed E-state index contributed by atoms with van der Waals surface area (Å²) in [5.41, 5.74) is 1.29. The van der Waals surface area contributed by atoms with Gasteiger partial charge < -0.3 is 5.11 Å². The summed E-state index contributed by atoms with van der Waals surface area (Å²) in [6.07, 6.45) is 0. The molecule has 2 aromatic carbocycles. The summed E-state index contributed by atoms with van der Waals surface area (Å²) in [4.78, 5) is 0. The van der Waals surface area contributed by atoms with Crippen LogP contribution in [0.2, 0.25) is 20.1 Å². The first-order valence-corrected chi connectivity index (χ1v) is 6.13. The Morgan fingerprint density at radius 1 is 0.765 bits per heavy atom. The van der Waals surface area contributed by atoms with E-state index >= 15 is 0 Å². The average molecular weight is 308 g/mol. The molecule has 0 aliphatic carbocycles. The van der Waals surface area contributed by atoms with E-state index in [2.05, 4.69) is 0 Å². The van der Waals surface area contributed by atoms with Crippen LogP contribution in [0.15, 0.2) is 30.3 Å². The number of halogens is 4. The van der Waals surface area contributed by atoms with Gasteiger partial charge in [0.25, 0.3) is 0 Å². The molecule has 0 aliphatic rings. The molecule has 0 saturated heterocycles. The van der Waals surface area contributed by atoms with Gasteiger partial charge in [0.1, 0.15) is 5.75 Å². The van der Waals surface area contributed by atoms with Crippen LogP contribution < -0.4 is 0 Å². The van der Waals surface area contributed by atoms with Crippen LogP contribution in [-0.4, -0.2) is 5.11 Å². The van der Waals surface area contributed by atoms with E-state index in [0.717, 1.165) is 0 Å². The zero-order chi connectivity index (χ0) is 12.6. The Hall–Kier alpha value is -0.600. The van der Waals surface area contributed by atoms with Gasteiger partial charge in [-0.2, -0.15) is 0 Å². The van der Waals surface area contributed by atoms with Crippen molar-refractivity contribution in [1.82, 2.24) is 0 Å². The highest BCUT2D eigenvalue weighted by molar-refractivity contribution is 6.41. The third-order valence-corrected chi connectivity index (χ3v) is 3.38. The maximum absolute atomic E-state index is 9.55. The van der Waals surface area contributed by atoms with Gasteiger partial charge in [-0.25, -0.2) is 0 Å². The fraction of sp³-hybridized carbons (Fsp3) is 0. The molecule has 0 bridgehead atoms. The van der Waals surface area contributed by atoms with Crippen LogP contribution in [-0.2, 0) is 0 Å². The van der Waals surface area contributed by atoms with E-state index in [4.69, 9.17) is 46.4 Å². The number of phenolic OH excluding ortho intramolecular Hbond substituents is 1. The number of hydrogen-bond acceptors (Lipinski definition) is 1. The van der Waals surface area contributed by atoms with Gasteiger partial charge in [0.05, 0.1) is 15.1 Å². The second-order valence-corrected chi connectivity index (χ2v) is 5.07. The zero-order valence-electron chi connectivity index (χ0n) is 8.35. The quantitative estimate of drug-likeness (QED) is 0.719. The Labute approximate surface area is 118 Å². The number of rotatable bonds is 1. The molecule has 0 unspecified atom stereocenters. The van der Waals surface area contributed by atoms with E-state index in [1.54, 1.807) is 24.3 Å². The van der Waals surface area contributed by atoms with E-state index in [1.165, 1.54) is 6.07 Å². The maximum Gasteiger partial charge on any atom is 0.134 e. The summed E-state index contributed by atoms with van der Waals surface area (Å²) >= 11 is 23.7. The molecule has 0 atom stereocenters. The lowest BCUT2D eigenvalue weighted by molar-refractivity contribution is 0.476. The lowest BCUT2D eigenvalue weighted by Gasteiger charge is -2.09. The standard InChI is InChI=1S/C12H6Cl4O/c13-7-4-9(15)12(10(16)5-7)6-1-2-8(14)11(17)3-6/h1-5,17H. The lowest BCUT2D eigenvalue weighted by atomic mass is 10.1. The van der Waals surface area contributed by atoms with Crippen molar-refractivity contribution in [3.8, 4) is 16.9 Å². The molecule has 0 fully saturated rings. The van der Waals surface area contributed by atoms with Crippen LogP contribution in [0.1, 0.15) is 0 Å². The van der Waals surface area contributed by atoms with Crippen molar-refractivity contribution in [2.45, 2.75) is 0 Å². The maximum atomic E-state index is 9.55. The Bertz CT molecular complexity index is 558. The smallest absolute Gasteiger partial charge is 0.134 e. The number of benzene rings is 2.